The van der Waals surface area contributed by atoms with Crippen LogP contribution in [0, 0.1) is 6.92 Å². The van der Waals surface area contributed by atoms with E-state index in [1.807, 2.05) is 17.9 Å². The minimum atomic E-state index is 0.189. The Bertz CT molecular complexity index is 651. The summed E-state index contributed by atoms with van der Waals surface area (Å²) in [5.41, 5.74) is 0. The van der Waals surface area contributed by atoms with E-state index in [1.54, 1.807) is 0 Å². The molecule has 0 saturated carbocycles. The molecule has 28 heavy (non-hydrogen) atoms. The van der Waals surface area contributed by atoms with E-state index in [1.165, 1.54) is 12.8 Å². The van der Waals surface area contributed by atoms with Gasteiger partial charge in [-0.15, -0.1) is 0 Å². The Labute approximate surface area is 168 Å². The summed E-state index contributed by atoms with van der Waals surface area (Å²) in [4.78, 5) is 21.0. The topological polar surface area (TPSA) is 73.1 Å². The first-order valence-corrected chi connectivity index (χ1v) is 10.8. The second-order valence-corrected chi connectivity index (χ2v) is 7.69. The predicted octanol–water partition coefficient (Wildman–Crippen LogP) is 2.29. The molecule has 2 fully saturated rings. The second-order valence-electron chi connectivity index (χ2n) is 7.69. The van der Waals surface area contributed by atoms with Gasteiger partial charge in [0, 0.05) is 32.6 Å². The van der Waals surface area contributed by atoms with Crippen LogP contribution in [0.4, 0.5) is 0 Å². The first-order valence-electron chi connectivity index (χ1n) is 10.8. The van der Waals surface area contributed by atoms with Crippen molar-refractivity contribution in [2.75, 3.05) is 45.8 Å². The van der Waals surface area contributed by atoms with Crippen molar-refractivity contribution < 1.29 is 9.21 Å². The van der Waals surface area contributed by atoms with Gasteiger partial charge in [0.05, 0.1) is 12.6 Å². The molecule has 0 radical (unpaired) electrons. The van der Waals surface area contributed by atoms with Crippen molar-refractivity contribution in [3.63, 3.8) is 0 Å². The van der Waals surface area contributed by atoms with E-state index in [-0.39, 0.29) is 6.04 Å². The van der Waals surface area contributed by atoms with Gasteiger partial charge in [0.25, 0.3) is 0 Å². The molecule has 0 aliphatic carbocycles. The van der Waals surface area contributed by atoms with E-state index >= 15 is 0 Å². The number of nitrogens with one attached hydrogen (secondary N) is 2. The molecule has 2 aliphatic rings. The lowest BCUT2D eigenvalue weighted by atomic mass is 10.2. The van der Waals surface area contributed by atoms with Crippen molar-refractivity contribution in [3.05, 3.63) is 23.7 Å². The predicted molar refractivity (Wildman–Crippen MR) is 111 cm³/mol. The Morgan fingerprint density at radius 2 is 2.04 bits per heavy atom. The van der Waals surface area contributed by atoms with Crippen LogP contribution in [-0.4, -0.2) is 67.5 Å². The molecule has 1 atom stereocenters. The molecule has 0 spiro atoms. The van der Waals surface area contributed by atoms with Gasteiger partial charge in [0.2, 0.25) is 5.91 Å². The van der Waals surface area contributed by atoms with Gasteiger partial charge in [-0.2, -0.15) is 0 Å². The number of hydrogen-bond donors (Lipinski definition) is 2. The smallest absolute Gasteiger partial charge is 0.222 e. The largest absolute Gasteiger partial charge is 0.465 e. The summed E-state index contributed by atoms with van der Waals surface area (Å²) in [6.07, 6.45) is 5.13. The summed E-state index contributed by atoms with van der Waals surface area (Å²) in [5, 5.41) is 6.75. The van der Waals surface area contributed by atoms with Gasteiger partial charge in [-0.1, -0.05) is 0 Å². The van der Waals surface area contributed by atoms with Crippen molar-refractivity contribution >= 4 is 11.9 Å². The van der Waals surface area contributed by atoms with Crippen LogP contribution < -0.4 is 10.6 Å². The first-order chi connectivity index (χ1) is 13.7. The minimum absolute atomic E-state index is 0.189. The van der Waals surface area contributed by atoms with E-state index in [4.69, 9.17) is 9.41 Å². The molecule has 7 heteroatoms. The van der Waals surface area contributed by atoms with Crippen LogP contribution in [0.3, 0.4) is 0 Å². The maximum atomic E-state index is 11.7. The molecule has 2 aliphatic heterocycles. The number of aliphatic imine (C=N–C) groups is 1. The second kappa shape index (κ2) is 10.5. The average Bonchev–Trinajstić information content (AvgIpc) is 3.43. The van der Waals surface area contributed by atoms with E-state index in [0.29, 0.717) is 18.9 Å². The summed E-state index contributed by atoms with van der Waals surface area (Å²) in [6.45, 7) is 10.3. The van der Waals surface area contributed by atoms with E-state index in [0.717, 1.165) is 69.6 Å². The highest BCUT2D eigenvalue weighted by Crippen LogP contribution is 2.26. The lowest BCUT2D eigenvalue weighted by Gasteiger charge is -2.25. The maximum absolute atomic E-state index is 11.7. The third-order valence-corrected chi connectivity index (χ3v) is 5.51. The number of nitrogens with zero attached hydrogens (tertiary/aromatic N) is 3. The molecule has 2 N–H and O–H groups in total. The molecule has 0 aromatic carbocycles. The summed E-state index contributed by atoms with van der Waals surface area (Å²) >= 11 is 0. The molecule has 0 bridgehead atoms. The fraction of sp³-hybridized carbons (Fsp3) is 0.714. The number of furan rings is 1. The van der Waals surface area contributed by atoms with Crippen LogP contribution in [0.15, 0.2) is 21.5 Å². The fourth-order valence-electron chi connectivity index (χ4n) is 4.01. The molecule has 156 valence electrons. The number of amides is 1. The van der Waals surface area contributed by atoms with Gasteiger partial charge in [-0.3, -0.25) is 14.7 Å². The van der Waals surface area contributed by atoms with Gasteiger partial charge in [-0.05, 0) is 64.8 Å². The van der Waals surface area contributed by atoms with Gasteiger partial charge < -0.3 is 20.0 Å². The summed E-state index contributed by atoms with van der Waals surface area (Å²) in [7, 11) is 0. The third-order valence-electron chi connectivity index (χ3n) is 5.51. The lowest BCUT2D eigenvalue weighted by Crippen LogP contribution is -2.39. The van der Waals surface area contributed by atoms with Gasteiger partial charge >= 0.3 is 0 Å². The molecule has 3 rings (SSSR count). The highest BCUT2D eigenvalue weighted by molar-refractivity contribution is 5.80. The van der Waals surface area contributed by atoms with Crippen molar-refractivity contribution in [1.82, 2.24) is 20.4 Å². The number of aryl methyl sites for hydroxylation is 1. The van der Waals surface area contributed by atoms with E-state index in [2.05, 4.69) is 28.5 Å². The Morgan fingerprint density at radius 1 is 1.21 bits per heavy atom. The average molecular weight is 390 g/mol. The van der Waals surface area contributed by atoms with Crippen LogP contribution in [0.1, 0.15) is 56.6 Å². The lowest BCUT2D eigenvalue weighted by molar-refractivity contribution is -0.127. The summed E-state index contributed by atoms with van der Waals surface area (Å²) in [5.74, 6) is 3.08. The molecular formula is C21H35N5O2. The summed E-state index contributed by atoms with van der Waals surface area (Å²) in [6, 6.07) is 4.31. The van der Waals surface area contributed by atoms with Crippen LogP contribution >= 0.6 is 0 Å². The minimum Gasteiger partial charge on any atom is -0.465 e. The van der Waals surface area contributed by atoms with Crippen molar-refractivity contribution in [3.8, 4) is 0 Å². The Balaban J connectivity index is 1.53. The van der Waals surface area contributed by atoms with Crippen molar-refractivity contribution in [2.45, 2.75) is 52.0 Å². The highest BCUT2D eigenvalue weighted by Gasteiger charge is 2.26. The summed E-state index contributed by atoms with van der Waals surface area (Å²) < 4.78 is 5.93. The normalized spacial score (nSPS) is 19.4. The zero-order valence-electron chi connectivity index (χ0n) is 17.4. The van der Waals surface area contributed by atoms with E-state index in [9.17, 15) is 4.79 Å². The van der Waals surface area contributed by atoms with E-state index < -0.39 is 0 Å². The highest BCUT2D eigenvalue weighted by atomic mass is 16.3. The number of carbonyl (C=O) groups excluding carboxylic acids is 1. The molecule has 7 nitrogen and oxygen atoms in total. The van der Waals surface area contributed by atoms with Crippen LogP contribution in [0.2, 0.25) is 0 Å². The van der Waals surface area contributed by atoms with Gasteiger partial charge in [0.15, 0.2) is 5.96 Å². The van der Waals surface area contributed by atoms with Gasteiger partial charge in [0.1, 0.15) is 11.5 Å². The molecular weight excluding hydrogens is 354 g/mol. The molecule has 1 unspecified atom stereocenters. The quantitative estimate of drug-likeness (QED) is 0.385. The Kier molecular flexibility index (Phi) is 7.77. The zero-order valence-corrected chi connectivity index (χ0v) is 17.4. The van der Waals surface area contributed by atoms with Crippen LogP contribution in [0.5, 0.6) is 0 Å². The molecule has 3 heterocycles. The number of carbonyl (C=O) groups is 1. The maximum Gasteiger partial charge on any atom is 0.222 e. The number of guanidine groups is 1. The van der Waals surface area contributed by atoms with Crippen molar-refractivity contribution in [1.29, 1.82) is 0 Å². The fourth-order valence-corrected chi connectivity index (χ4v) is 4.01. The number of hydrogen-bond acceptors (Lipinski definition) is 4. The molecule has 1 aromatic rings. The Morgan fingerprint density at radius 3 is 2.68 bits per heavy atom. The number of rotatable bonds is 9. The van der Waals surface area contributed by atoms with Gasteiger partial charge in [-0.25, -0.2) is 0 Å². The third kappa shape index (κ3) is 5.74. The van der Waals surface area contributed by atoms with Crippen molar-refractivity contribution in [2.24, 2.45) is 4.99 Å². The molecule has 1 amide bonds. The first kappa shape index (κ1) is 20.7. The Hall–Kier alpha value is -2.02. The molecule has 2 saturated heterocycles. The standard InChI is InChI=1S/C21H35N5O2/c1-3-22-21(23-11-7-15-26-14-6-8-20(26)27)24-16-18(25-12-4-5-13-25)19-10-9-17(2)28-19/h9-10,18H,3-8,11-16H2,1-2H3,(H2,22,23,24). The number of likely N-dealkylation sites (tertiary alicyclic amines) is 2. The monoisotopic (exact) mass is 389 g/mol. The van der Waals surface area contributed by atoms with Crippen LogP contribution in [-0.2, 0) is 4.79 Å². The van der Waals surface area contributed by atoms with Crippen LogP contribution in [0.25, 0.3) is 0 Å². The SMILES string of the molecule is CCNC(=NCC(c1ccc(C)o1)N1CCCC1)NCCCN1CCCC1=O. The molecule has 1 aromatic heterocycles. The zero-order chi connectivity index (χ0) is 19.8.